The largest absolute Gasteiger partial charge is 0.455 e. The van der Waals surface area contributed by atoms with Crippen LogP contribution >= 0.6 is 0 Å². The normalized spacial score (nSPS) is 21.5. The van der Waals surface area contributed by atoms with Gasteiger partial charge in [0.15, 0.2) is 0 Å². The summed E-state index contributed by atoms with van der Waals surface area (Å²) in [6, 6.07) is 0. The molecular formula is C11H18O2. The molecule has 1 heterocycles. The summed E-state index contributed by atoms with van der Waals surface area (Å²) in [5.74, 6) is -0.138. The van der Waals surface area contributed by atoms with E-state index in [4.69, 9.17) is 4.74 Å². The van der Waals surface area contributed by atoms with Crippen molar-refractivity contribution in [3.63, 3.8) is 0 Å². The van der Waals surface area contributed by atoms with E-state index in [0.29, 0.717) is 0 Å². The van der Waals surface area contributed by atoms with Gasteiger partial charge in [0.05, 0.1) is 0 Å². The molecule has 0 aromatic carbocycles. The fourth-order valence-electron chi connectivity index (χ4n) is 1.53. The Morgan fingerprint density at radius 2 is 2.15 bits per heavy atom. The molecule has 0 fully saturated rings. The van der Waals surface area contributed by atoms with Crippen LogP contribution in [-0.2, 0) is 9.53 Å². The number of cyclic esters (lactones) is 1. The standard InChI is InChI=1S/C11H18O2/c1-3-4-5-6-7-10-8-9(2)11(12)13-10/h8,10H,3-7H2,1-2H3. The average molecular weight is 182 g/mol. The van der Waals surface area contributed by atoms with Gasteiger partial charge in [-0.05, 0) is 25.8 Å². The highest BCUT2D eigenvalue weighted by Crippen LogP contribution is 2.18. The first-order valence-electron chi connectivity index (χ1n) is 5.13. The van der Waals surface area contributed by atoms with Crippen LogP contribution < -0.4 is 0 Å². The maximum absolute atomic E-state index is 11.0. The van der Waals surface area contributed by atoms with Gasteiger partial charge in [0.1, 0.15) is 6.10 Å². The van der Waals surface area contributed by atoms with Gasteiger partial charge < -0.3 is 4.74 Å². The molecule has 2 heteroatoms. The van der Waals surface area contributed by atoms with Gasteiger partial charge in [-0.25, -0.2) is 4.79 Å². The lowest BCUT2D eigenvalue weighted by Crippen LogP contribution is -2.07. The molecule has 0 aliphatic carbocycles. The maximum atomic E-state index is 11.0. The second kappa shape index (κ2) is 5.05. The van der Waals surface area contributed by atoms with Crippen molar-refractivity contribution in [2.24, 2.45) is 0 Å². The van der Waals surface area contributed by atoms with Gasteiger partial charge in [-0.15, -0.1) is 0 Å². The molecular weight excluding hydrogens is 164 g/mol. The number of esters is 1. The lowest BCUT2D eigenvalue weighted by atomic mass is 10.1. The van der Waals surface area contributed by atoms with Crippen molar-refractivity contribution in [3.05, 3.63) is 11.6 Å². The predicted molar refractivity (Wildman–Crippen MR) is 52.4 cm³/mol. The molecule has 13 heavy (non-hydrogen) atoms. The van der Waals surface area contributed by atoms with Crippen LogP contribution in [0.2, 0.25) is 0 Å². The monoisotopic (exact) mass is 182 g/mol. The molecule has 0 saturated carbocycles. The van der Waals surface area contributed by atoms with E-state index in [-0.39, 0.29) is 12.1 Å². The van der Waals surface area contributed by atoms with Gasteiger partial charge in [0, 0.05) is 5.57 Å². The molecule has 0 spiro atoms. The highest BCUT2D eigenvalue weighted by atomic mass is 16.5. The summed E-state index contributed by atoms with van der Waals surface area (Å²) in [6.07, 6.45) is 7.93. The first kappa shape index (κ1) is 10.3. The van der Waals surface area contributed by atoms with E-state index in [9.17, 15) is 4.79 Å². The number of ether oxygens (including phenoxy) is 1. The van der Waals surface area contributed by atoms with Crippen LogP contribution in [0.3, 0.4) is 0 Å². The molecule has 1 atom stereocenters. The van der Waals surface area contributed by atoms with Gasteiger partial charge in [-0.3, -0.25) is 0 Å². The number of unbranched alkanes of at least 4 members (excludes halogenated alkanes) is 3. The summed E-state index contributed by atoms with van der Waals surface area (Å²) in [4.78, 5) is 11.0. The molecule has 0 aromatic rings. The van der Waals surface area contributed by atoms with Crippen LogP contribution in [0.25, 0.3) is 0 Å². The Morgan fingerprint density at radius 3 is 2.69 bits per heavy atom. The molecule has 1 rings (SSSR count). The minimum atomic E-state index is -0.138. The summed E-state index contributed by atoms with van der Waals surface area (Å²) >= 11 is 0. The smallest absolute Gasteiger partial charge is 0.334 e. The van der Waals surface area contributed by atoms with Crippen LogP contribution in [-0.4, -0.2) is 12.1 Å². The maximum Gasteiger partial charge on any atom is 0.334 e. The molecule has 0 radical (unpaired) electrons. The van der Waals surface area contributed by atoms with Crippen molar-refractivity contribution in [2.75, 3.05) is 0 Å². The van der Waals surface area contributed by atoms with E-state index in [1.165, 1.54) is 19.3 Å². The van der Waals surface area contributed by atoms with E-state index < -0.39 is 0 Å². The van der Waals surface area contributed by atoms with Crippen LogP contribution in [0.4, 0.5) is 0 Å². The molecule has 0 saturated heterocycles. The lowest BCUT2D eigenvalue weighted by molar-refractivity contribution is -0.139. The van der Waals surface area contributed by atoms with E-state index >= 15 is 0 Å². The lowest BCUT2D eigenvalue weighted by Gasteiger charge is -2.06. The van der Waals surface area contributed by atoms with E-state index in [0.717, 1.165) is 18.4 Å². The van der Waals surface area contributed by atoms with Crippen molar-refractivity contribution in [2.45, 2.75) is 52.1 Å². The van der Waals surface area contributed by atoms with E-state index in [1.807, 2.05) is 13.0 Å². The zero-order chi connectivity index (χ0) is 9.68. The first-order chi connectivity index (χ1) is 6.24. The molecule has 0 bridgehead atoms. The van der Waals surface area contributed by atoms with E-state index in [2.05, 4.69) is 6.92 Å². The quantitative estimate of drug-likeness (QED) is 0.482. The Bertz CT molecular complexity index is 206. The number of carbonyl (C=O) groups is 1. The zero-order valence-electron chi connectivity index (χ0n) is 8.51. The Hall–Kier alpha value is -0.790. The minimum absolute atomic E-state index is 0.0596. The Kier molecular flexibility index (Phi) is 4.00. The second-order valence-corrected chi connectivity index (χ2v) is 3.64. The molecule has 0 amide bonds. The molecule has 1 unspecified atom stereocenters. The molecule has 0 N–H and O–H groups in total. The van der Waals surface area contributed by atoms with Crippen LogP contribution in [0, 0.1) is 0 Å². The van der Waals surface area contributed by atoms with Gasteiger partial charge in [0.25, 0.3) is 0 Å². The molecule has 0 aromatic heterocycles. The topological polar surface area (TPSA) is 26.3 Å². The zero-order valence-corrected chi connectivity index (χ0v) is 8.51. The predicted octanol–water partition coefficient (Wildman–Crippen LogP) is 2.83. The van der Waals surface area contributed by atoms with Gasteiger partial charge in [-0.2, -0.15) is 0 Å². The Morgan fingerprint density at radius 1 is 1.38 bits per heavy atom. The number of hydrogen-bond donors (Lipinski definition) is 0. The summed E-state index contributed by atoms with van der Waals surface area (Å²) in [7, 11) is 0. The van der Waals surface area contributed by atoms with E-state index in [1.54, 1.807) is 0 Å². The molecule has 1 aliphatic rings. The summed E-state index contributed by atoms with van der Waals surface area (Å²) < 4.78 is 5.12. The Balaban J connectivity index is 2.14. The van der Waals surface area contributed by atoms with Crippen molar-refractivity contribution in [1.29, 1.82) is 0 Å². The fraction of sp³-hybridized carbons (Fsp3) is 0.727. The average Bonchev–Trinajstić information content (AvgIpc) is 2.41. The highest BCUT2D eigenvalue weighted by molar-refractivity contribution is 5.90. The van der Waals surface area contributed by atoms with Crippen LogP contribution in [0.15, 0.2) is 11.6 Å². The van der Waals surface area contributed by atoms with Crippen molar-refractivity contribution in [1.82, 2.24) is 0 Å². The number of carbonyl (C=O) groups excluding carboxylic acids is 1. The first-order valence-corrected chi connectivity index (χ1v) is 5.13. The Labute approximate surface area is 80.0 Å². The molecule has 74 valence electrons. The van der Waals surface area contributed by atoms with Gasteiger partial charge in [0.2, 0.25) is 0 Å². The molecule has 1 aliphatic heterocycles. The summed E-state index contributed by atoms with van der Waals surface area (Å²) in [6.45, 7) is 4.01. The van der Waals surface area contributed by atoms with Crippen LogP contribution in [0.5, 0.6) is 0 Å². The third-order valence-corrected chi connectivity index (χ3v) is 2.36. The minimum Gasteiger partial charge on any atom is -0.455 e. The van der Waals surface area contributed by atoms with Gasteiger partial charge in [-0.1, -0.05) is 26.2 Å². The van der Waals surface area contributed by atoms with Gasteiger partial charge >= 0.3 is 5.97 Å². The summed E-state index contributed by atoms with van der Waals surface area (Å²) in [5, 5.41) is 0. The van der Waals surface area contributed by atoms with Crippen molar-refractivity contribution < 1.29 is 9.53 Å². The number of hydrogen-bond acceptors (Lipinski definition) is 2. The molecule has 2 nitrogen and oxygen atoms in total. The fourth-order valence-corrected chi connectivity index (χ4v) is 1.53. The third-order valence-electron chi connectivity index (χ3n) is 2.36. The SMILES string of the molecule is CCCCCCC1C=C(C)C(=O)O1. The second-order valence-electron chi connectivity index (χ2n) is 3.64. The highest BCUT2D eigenvalue weighted by Gasteiger charge is 2.21. The summed E-state index contributed by atoms with van der Waals surface area (Å²) in [5.41, 5.74) is 0.764. The number of rotatable bonds is 5. The van der Waals surface area contributed by atoms with Crippen molar-refractivity contribution in [3.8, 4) is 0 Å². The van der Waals surface area contributed by atoms with Crippen molar-refractivity contribution >= 4 is 5.97 Å². The van der Waals surface area contributed by atoms with Crippen LogP contribution in [0.1, 0.15) is 46.0 Å². The third kappa shape index (κ3) is 3.21.